The number of ether oxygens (including phenoxy) is 1. The molecule has 0 unspecified atom stereocenters. The van der Waals surface area contributed by atoms with Gasteiger partial charge in [-0.3, -0.25) is 0 Å². The number of hydrogen-bond donors (Lipinski definition) is 2. The van der Waals surface area contributed by atoms with Gasteiger partial charge in [-0.25, -0.2) is 14.8 Å². The van der Waals surface area contributed by atoms with Gasteiger partial charge in [0.1, 0.15) is 17.1 Å². The van der Waals surface area contributed by atoms with Crippen LogP contribution in [0.1, 0.15) is 28.1 Å². The van der Waals surface area contributed by atoms with Crippen LogP contribution < -0.4 is 10.1 Å². The van der Waals surface area contributed by atoms with Gasteiger partial charge >= 0.3 is 5.97 Å². The first-order valence-corrected chi connectivity index (χ1v) is 9.05. The van der Waals surface area contributed by atoms with Gasteiger partial charge in [0.05, 0.1) is 12.8 Å². The first kappa shape index (κ1) is 17.5. The van der Waals surface area contributed by atoms with Gasteiger partial charge in [0.25, 0.3) is 0 Å². The molecule has 0 bridgehead atoms. The third-order valence-electron chi connectivity index (χ3n) is 4.35. The second kappa shape index (κ2) is 6.99. The van der Waals surface area contributed by atoms with Crippen LogP contribution in [0.2, 0.25) is 0 Å². The molecule has 0 saturated heterocycles. The van der Waals surface area contributed by atoms with Crippen LogP contribution in [0.15, 0.2) is 33.4 Å². The molecule has 27 heavy (non-hydrogen) atoms. The summed E-state index contributed by atoms with van der Waals surface area (Å²) in [7, 11) is 1.58. The molecule has 2 heterocycles. The molecule has 3 aromatic rings. The number of halogens is 1. The average molecular weight is 431 g/mol. The summed E-state index contributed by atoms with van der Waals surface area (Å²) in [6.07, 6.45) is 3.82. The van der Waals surface area contributed by atoms with Crippen molar-refractivity contribution in [1.82, 2.24) is 15.1 Å². The van der Waals surface area contributed by atoms with Crippen molar-refractivity contribution in [1.29, 1.82) is 0 Å². The third-order valence-corrected chi connectivity index (χ3v) is 4.85. The Morgan fingerprint density at radius 1 is 1.33 bits per heavy atom. The van der Waals surface area contributed by atoms with E-state index in [1.165, 1.54) is 0 Å². The van der Waals surface area contributed by atoms with Crippen LogP contribution in [0.25, 0.3) is 11.4 Å². The molecule has 0 saturated carbocycles. The number of methoxy groups -OCH3 is 1. The molecule has 2 N–H and O–H groups in total. The summed E-state index contributed by atoms with van der Waals surface area (Å²) in [5.74, 6) is -0.250. The lowest BCUT2D eigenvalue weighted by atomic mass is 10.1. The second-order valence-corrected chi connectivity index (χ2v) is 6.95. The Bertz CT molecular complexity index is 1030. The van der Waals surface area contributed by atoms with Crippen LogP contribution in [-0.4, -0.2) is 33.3 Å². The highest BCUT2D eigenvalue weighted by Gasteiger charge is 2.27. The van der Waals surface area contributed by atoms with Crippen molar-refractivity contribution >= 4 is 33.5 Å². The summed E-state index contributed by atoms with van der Waals surface area (Å²) in [4.78, 5) is 20.3. The smallest absolute Gasteiger partial charge is 0.375 e. The molecule has 0 fully saturated rings. The van der Waals surface area contributed by atoms with Crippen molar-refractivity contribution in [2.24, 2.45) is 0 Å². The Morgan fingerprint density at radius 3 is 2.96 bits per heavy atom. The highest BCUT2D eigenvalue weighted by Crippen LogP contribution is 2.34. The second-order valence-electron chi connectivity index (χ2n) is 6.03. The number of benzene rings is 1. The number of fused-ring (bicyclic) bond motifs is 3. The minimum Gasteiger partial charge on any atom is -0.495 e. The fraction of sp³-hybridized carbons (Fsp3) is 0.222. The van der Waals surface area contributed by atoms with E-state index in [-0.39, 0.29) is 5.76 Å². The number of nitrogens with zero attached hydrogens (tertiary/aromatic N) is 3. The maximum Gasteiger partial charge on any atom is 0.375 e. The quantitative estimate of drug-likeness (QED) is 0.642. The Labute approximate surface area is 162 Å². The zero-order valence-corrected chi connectivity index (χ0v) is 15.9. The van der Waals surface area contributed by atoms with Gasteiger partial charge in [-0.2, -0.15) is 0 Å². The lowest BCUT2D eigenvalue weighted by Gasteiger charge is -2.12. The molecule has 0 amide bonds. The number of rotatable bonds is 4. The summed E-state index contributed by atoms with van der Waals surface area (Å²) >= 11 is 3.41. The van der Waals surface area contributed by atoms with Crippen molar-refractivity contribution in [3.8, 4) is 17.1 Å². The lowest BCUT2D eigenvalue weighted by Crippen LogP contribution is -2.03. The molecule has 8 nitrogen and oxygen atoms in total. The Kier molecular flexibility index (Phi) is 4.53. The third kappa shape index (κ3) is 3.25. The SMILES string of the molecule is COc1cc(Br)ccc1Nc1ncc2c(n1)-c1noc(C(=O)O)c1CCC2. The summed E-state index contributed by atoms with van der Waals surface area (Å²) in [5, 5.41) is 16.4. The van der Waals surface area contributed by atoms with Gasteiger partial charge in [-0.15, -0.1) is 0 Å². The first-order valence-electron chi connectivity index (χ1n) is 8.25. The highest BCUT2D eigenvalue weighted by atomic mass is 79.9. The fourth-order valence-corrected chi connectivity index (χ4v) is 3.43. The van der Waals surface area contributed by atoms with Crippen LogP contribution in [-0.2, 0) is 12.8 Å². The number of nitrogens with one attached hydrogen (secondary N) is 1. The van der Waals surface area contributed by atoms with E-state index in [2.05, 4.69) is 36.4 Å². The Morgan fingerprint density at radius 2 is 2.19 bits per heavy atom. The minimum absolute atomic E-state index is 0.124. The van der Waals surface area contributed by atoms with Crippen LogP contribution in [0, 0.1) is 0 Å². The van der Waals surface area contributed by atoms with E-state index in [9.17, 15) is 9.90 Å². The van der Waals surface area contributed by atoms with E-state index in [4.69, 9.17) is 9.26 Å². The number of hydrogen-bond acceptors (Lipinski definition) is 7. The monoisotopic (exact) mass is 430 g/mol. The molecular formula is C18H15BrN4O4. The highest BCUT2D eigenvalue weighted by molar-refractivity contribution is 9.10. The Balaban J connectivity index is 1.75. The molecule has 0 spiro atoms. The molecular weight excluding hydrogens is 416 g/mol. The van der Waals surface area contributed by atoms with E-state index in [1.54, 1.807) is 13.3 Å². The van der Waals surface area contributed by atoms with E-state index < -0.39 is 5.97 Å². The molecule has 1 aliphatic rings. The predicted octanol–water partition coefficient (Wildman–Crippen LogP) is 3.83. The molecule has 1 aromatic carbocycles. The summed E-state index contributed by atoms with van der Waals surface area (Å²) in [6.45, 7) is 0. The number of anilines is 2. The van der Waals surface area contributed by atoms with Crippen molar-refractivity contribution in [2.45, 2.75) is 19.3 Å². The molecule has 0 radical (unpaired) electrons. The molecule has 9 heteroatoms. The number of carbonyl (C=O) groups is 1. The van der Waals surface area contributed by atoms with Gasteiger partial charge < -0.3 is 19.7 Å². The van der Waals surface area contributed by atoms with Crippen LogP contribution in [0.4, 0.5) is 11.6 Å². The molecule has 2 aromatic heterocycles. The first-order chi connectivity index (χ1) is 13.1. The number of carboxylic acid groups (broad SMARTS) is 1. The number of aromatic nitrogens is 3. The van der Waals surface area contributed by atoms with E-state index >= 15 is 0 Å². The summed E-state index contributed by atoms with van der Waals surface area (Å²) in [6, 6.07) is 5.56. The standard InChI is InChI=1S/C18H15BrN4O4/c1-26-13-7-10(19)5-6-12(13)21-18-20-8-9-3-2-4-11-15(14(9)22-18)23-27-16(11)17(24)25/h5-8H,2-4H2,1H3,(H,24,25)(H,20,21,22). The van der Waals surface area contributed by atoms with Crippen molar-refractivity contribution in [2.75, 3.05) is 12.4 Å². The van der Waals surface area contributed by atoms with E-state index in [0.717, 1.165) is 22.9 Å². The van der Waals surface area contributed by atoms with Crippen molar-refractivity contribution in [3.05, 3.63) is 45.8 Å². The van der Waals surface area contributed by atoms with Gasteiger partial charge in [-0.1, -0.05) is 21.1 Å². The Hall–Kier alpha value is -2.94. The van der Waals surface area contributed by atoms with Gasteiger partial charge in [0, 0.05) is 16.2 Å². The number of aryl methyl sites for hydroxylation is 1. The van der Waals surface area contributed by atoms with Crippen molar-refractivity contribution in [3.63, 3.8) is 0 Å². The molecule has 0 atom stereocenters. The number of carboxylic acids is 1. The molecule has 1 aliphatic carbocycles. The zero-order chi connectivity index (χ0) is 19.0. The lowest BCUT2D eigenvalue weighted by molar-refractivity contribution is 0.0650. The maximum atomic E-state index is 11.4. The van der Waals surface area contributed by atoms with Crippen LogP contribution >= 0.6 is 15.9 Å². The zero-order valence-electron chi connectivity index (χ0n) is 14.3. The molecule has 138 valence electrons. The van der Waals surface area contributed by atoms with Crippen LogP contribution in [0.3, 0.4) is 0 Å². The van der Waals surface area contributed by atoms with Gasteiger partial charge in [0.2, 0.25) is 11.7 Å². The molecule has 4 rings (SSSR count). The van der Waals surface area contributed by atoms with E-state index in [1.807, 2.05) is 18.2 Å². The normalized spacial score (nSPS) is 12.7. The molecule has 0 aliphatic heterocycles. The fourth-order valence-electron chi connectivity index (χ4n) is 3.09. The summed E-state index contributed by atoms with van der Waals surface area (Å²) < 4.78 is 11.3. The maximum absolute atomic E-state index is 11.4. The predicted molar refractivity (Wildman–Crippen MR) is 100 cm³/mol. The topological polar surface area (TPSA) is 110 Å². The van der Waals surface area contributed by atoms with Gasteiger partial charge in [0.15, 0.2) is 0 Å². The van der Waals surface area contributed by atoms with Crippen molar-refractivity contribution < 1.29 is 19.2 Å². The number of aromatic carboxylic acids is 1. The summed E-state index contributed by atoms with van der Waals surface area (Å²) in [5.41, 5.74) is 3.25. The van der Waals surface area contributed by atoms with E-state index in [0.29, 0.717) is 40.8 Å². The van der Waals surface area contributed by atoms with Gasteiger partial charge in [-0.05, 0) is 43.0 Å². The average Bonchev–Trinajstić information content (AvgIpc) is 3.00. The van der Waals surface area contributed by atoms with Crippen LogP contribution in [0.5, 0.6) is 5.75 Å². The largest absolute Gasteiger partial charge is 0.495 e. The minimum atomic E-state index is -1.13.